The number of amides is 1. The van der Waals surface area contributed by atoms with E-state index in [1.807, 2.05) is 0 Å². The van der Waals surface area contributed by atoms with Gasteiger partial charge in [0.25, 0.3) is 0 Å². The molecule has 0 fully saturated rings. The highest BCUT2D eigenvalue weighted by atomic mass is 32.2. The largest absolute Gasteiger partial charge is 0.446 e. The number of carbonyl (C=O) groups excluding carboxylic acids is 1. The van der Waals surface area contributed by atoms with Crippen molar-refractivity contribution in [3.05, 3.63) is 41.4 Å². The van der Waals surface area contributed by atoms with Gasteiger partial charge < -0.3 is 5.32 Å². The van der Waals surface area contributed by atoms with Crippen LogP contribution in [0, 0.1) is 0 Å². The molecule has 1 aromatic heterocycles. The highest BCUT2D eigenvalue weighted by Crippen LogP contribution is 2.37. The Labute approximate surface area is 159 Å². The van der Waals surface area contributed by atoms with E-state index in [4.69, 9.17) is 0 Å². The van der Waals surface area contributed by atoms with Crippen LogP contribution in [0.25, 0.3) is 0 Å². The van der Waals surface area contributed by atoms with E-state index in [1.165, 1.54) is 23.5 Å². The number of carbonyl (C=O) groups is 1. The van der Waals surface area contributed by atoms with Gasteiger partial charge in [0, 0.05) is 16.5 Å². The van der Waals surface area contributed by atoms with Crippen LogP contribution in [0.3, 0.4) is 0 Å². The van der Waals surface area contributed by atoms with Crippen molar-refractivity contribution >= 4 is 34.1 Å². The molecule has 3 nitrogen and oxygen atoms in total. The predicted molar refractivity (Wildman–Crippen MR) is 101 cm³/mol. The molecule has 0 aliphatic heterocycles. The number of rotatable bonds is 9. The summed E-state index contributed by atoms with van der Waals surface area (Å²) in [6, 6.07) is 6.06. The van der Waals surface area contributed by atoms with Gasteiger partial charge in [-0.25, -0.2) is 4.98 Å². The maximum Gasteiger partial charge on any atom is 0.446 e. The van der Waals surface area contributed by atoms with E-state index in [0.717, 1.165) is 31.2 Å². The minimum atomic E-state index is -4.32. The van der Waals surface area contributed by atoms with E-state index in [9.17, 15) is 18.0 Å². The lowest BCUT2D eigenvalue weighted by atomic mass is 9.92. The van der Waals surface area contributed by atoms with Gasteiger partial charge in [-0.15, -0.1) is 11.3 Å². The Morgan fingerprint density at radius 3 is 2.54 bits per heavy atom. The molecule has 0 bridgehead atoms. The van der Waals surface area contributed by atoms with Gasteiger partial charge in [0.15, 0.2) is 5.13 Å². The molecule has 8 heteroatoms. The van der Waals surface area contributed by atoms with Crippen molar-refractivity contribution in [2.24, 2.45) is 0 Å². The Morgan fingerprint density at radius 2 is 1.96 bits per heavy atom. The summed E-state index contributed by atoms with van der Waals surface area (Å²) in [5, 5.41) is 5.10. The van der Waals surface area contributed by atoms with Crippen LogP contribution in [0.1, 0.15) is 50.5 Å². The highest BCUT2D eigenvalue weighted by molar-refractivity contribution is 8.00. The first-order valence-corrected chi connectivity index (χ1v) is 10.1. The minimum absolute atomic E-state index is 0.117. The summed E-state index contributed by atoms with van der Waals surface area (Å²) in [7, 11) is 0. The number of hydrogen-bond donors (Lipinski definition) is 1. The standard InChI is InChI=1S/C18H21F3N2OS2/c1-2-3-4-5-6-15(16(24)23-17-22-11-12-25-17)13-7-9-14(10-8-13)26-18(19,20)21/h7-12,15H,2-6H2,1H3,(H,22,23,24). The molecule has 0 saturated heterocycles. The fourth-order valence-corrected chi connectivity index (χ4v) is 3.68. The molecule has 0 spiro atoms. The van der Waals surface area contributed by atoms with Gasteiger partial charge in [-0.2, -0.15) is 13.2 Å². The van der Waals surface area contributed by atoms with Crippen molar-refractivity contribution in [1.29, 1.82) is 0 Å². The van der Waals surface area contributed by atoms with E-state index < -0.39 is 11.4 Å². The first kappa shape index (κ1) is 20.8. The van der Waals surface area contributed by atoms with Gasteiger partial charge in [0.1, 0.15) is 0 Å². The van der Waals surface area contributed by atoms with E-state index in [0.29, 0.717) is 11.6 Å². The average molecular weight is 403 g/mol. The van der Waals surface area contributed by atoms with Gasteiger partial charge in [0.2, 0.25) is 5.91 Å². The summed E-state index contributed by atoms with van der Waals surface area (Å²) in [5.74, 6) is -0.576. The van der Waals surface area contributed by atoms with E-state index >= 15 is 0 Å². The molecule has 2 aromatic rings. The van der Waals surface area contributed by atoms with Crippen molar-refractivity contribution in [2.75, 3.05) is 5.32 Å². The van der Waals surface area contributed by atoms with Gasteiger partial charge in [-0.05, 0) is 35.9 Å². The van der Waals surface area contributed by atoms with E-state index in [-0.39, 0.29) is 22.6 Å². The van der Waals surface area contributed by atoms with Crippen molar-refractivity contribution in [3.8, 4) is 0 Å². The number of unbranched alkanes of at least 4 members (excludes halogenated alkanes) is 3. The number of nitrogens with zero attached hydrogens (tertiary/aromatic N) is 1. The maximum atomic E-state index is 12.7. The lowest BCUT2D eigenvalue weighted by molar-refractivity contribution is -0.117. The second kappa shape index (κ2) is 9.97. The van der Waals surface area contributed by atoms with Crippen LogP contribution >= 0.6 is 23.1 Å². The van der Waals surface area contributed by atoms with Gasteiger partial charge in [-0.1, -0.05) is 44.7 Å². The third kappa shape index (κ3) is 6.99. The van der Waals surface area contributed by atoms with Crippen LogP contribution in [0.5, 0.6) is 0 Å². The molecule has 0 aliphatic rings. The topological polar surface area (TPSA) is 42.0 Å². The summed E-state index contributed by atoms with van der Waals surface area (Å²) in [6.45, 7) is 2.11. The van der Waals surface area contributed by atoms with Gasteiger partial charge >= 0.3 is 5.51 Å². The van der Waals surface area contributed by atoms with Crippen LogP contribution in [-0.4, -0.2) is 16.4 Å². The molecule has 26 heavy (non-hydrogen) atoms. The molecule has 0 aliphatic carbocycles. The number of benzene rings is 1. The molecular weight excluding hydrogens is 381 g/mol. The van der Waals surface area contributed by atoms with Crippen molar-refractivity contribution in [2.45, 2.75) is 55.3 Å². The Balaban J connectivity index is 2.09. The van der Waals surface area contributed by atoms with Crippen LogP contribution in [0.15, 0.2) is 40.7 Å². The molecule has 1 atom stereocenters. The molecule has 2 rings (SSSR count). The quantitative estimate of drug-likeness (QED) is 0.387. The average Bonchev–Trinajstić information content (AvgIpc) is 3.07. The molecule has 1 amide bonds. The Kier molecular flexibility index (Phi) is 7.96. The Hall–Kier alpha value is -1.54. The second-order valence-corrected chi connectivity index (χ2v) is 7.88. The molecule has 1 N–H and O–H groups in total. The van der Waals surface area contributed by atoms with Crippen LogP contribution in [0.4, 0.5) is 18.3 Å². The van der Waals surface area contributed by atoms with Crippen molar-refractivity contribution < 1.29 is 18.0 Å². The highest BCUT2D eigenvalue weighted by Gasteiger charge is 2.29. The zero-order chi connectivity index (χ0) is 19.0. The smallest absolute Gasteiger partial charge is 0.301 e. The molecule has 0 radical (unpaired) electrons. The first-order valence-electron chi connectivity index (χ1n) is 8.45. The maximum absolute atomic E-state index is 12.7. The number of anilines is 1. The lowest BCUT2D eigenvalue weighted by Gasteiger charge is -2.17. The fourth-order valence-electron chi connectivity index (χ4n) is 2.60. The van der Waals surface area contributed by atoms with Crippen molar-refractivity contribution in [1.82, 2.24) is 4.98 Å². The summed E-state index contributed by atoms with van der Waals surface area (Å²) in [4.78, 5) is 16.8. The van der Waals surface area contributed by atoms with Crippen molar-refractivity contribution in [3.63, 3.8) is 0 Å². The molecule has 1 heterocycles. The SMILES string of the molecule is CCCCCCC(C(=O)Nc1nccs1)c1ccc(SC(F)(F)F)cc1. The zero-order valence-electron chi connectivity index (χ0n) is 14.4. The lowest BCUT2D eigenvalue weighted by Crippen LogP contribution is -2.21. The second-order valence-electron chi connectivity index (χ2n) is 5.85. The van der Waals surface area contributed by atoms with E-state index in [1.54, 1.807) is 23.7 Å². The summed E-state index contributed by atoms with van der Waals surface area (Å²) >= 11 is 1.18. The predicted octanol–water partition coefficient (Wildman–Crippen LogP) is 6.45. The van der Waals surface area contributed by atoms with Crippen LogP contribution in [0.2, 0.25) is 0 Å². The Morgan fingerprint density at radius 1 is 1.23 bits per heavy atom. The van der Waals surface area contributed by atoms with Crippen LogP contribution < -0.4 is 5.32 Å². The number of thioether (sulfide) groups is 1. The molecule has 0 saturated carbocycles. The summed E-state index contributed by atoms with van der Waals surface area (Å²) < 4.78 is 37.4. The van der Waals surface area contributed by atoms with Gasteiger partial charge in [-0.3, -0.25) is 4.79 Å². The minimum Gasteiger partial charge on any atom is -0.301 e. The van der Waals surface area contributed by atoms with Gasteiger partial charge in [0.05, 0.1) is 5.92 Å². The third-order valence-corrected chi connectivity index (χ3v) is 5.27. The van der Waals surface area contributed by atoms with E-state index in [2.05, 4.69) is 17.2 Å². The summed E-state index contributed by atoms with van der Waals surface area (Å²) in [5.41, 5.74) is -3.59. The third-order valence-electron chi connectivity index (χ3n) is 3.84. The number of alkyl halides is 3. The number of thiazole rings is 1. The normalized spacial score (nSPS) is 12.8. The number of aromatic nitrogens is 1. The molecule has 1 unspecified atom stereocenters. The number of halogens is 3. The number of hydrogen-bond acceptors (Lipinski definition) is 4. The first-order chi connectivity index (χ1) is 12.4. The molecule has 1 aromatic carbocycles. The van der Waals surface area contributed by atoms with Crippen LogP contribution in [-0.2, 0) is 4.79 Å². The fraction of sp³-hybridized carbons (Fsp3) is 0.444. The summed E-state index contributed by atoms with van der Waals surface area (Å²) in [6.07, 6.45) is 6.38. The molecular formula is C18H21F3N2OS2. The number of nitrogens with one attached hydrogen (secondary N) is 1. The Bertz CT molecular complexity index is 673. The molecule has 142 valence electrons. The monoisotopic (exact) mass is 402 g/mol. The zero-order valence-corrected chi connectivity index (χ0v) is 16.0.